The zero-order valence-electron chi connectivity index (χ0n) is 15.6. The number of hydrogen-bond donors (Lipinski definition) is 2. The van der Waals surface area contributed by atoms with Crippen LogP contribution in [0.4, 0.5) is 4.39 Å². The van der Waals surface area contributed by atoms with Gasteiger partial charge in [0.2, 0.25) is 5.91 Å². The van der Waals surface area contributed by atoms with Crippen molar-refractivity contribution in [1.29, 1.82) is 0 Å². The predicted octanol–water partition coefficient (Wildman–Crippen LogP) is 3.55. The summed E-state index contributed by atoms with van der Waals surface area (Å²) < 4.78 is 13.1. The zero-order valence-corrected chi connectivity index (χ0v) is 17.3. The van der Waals surface area contributed by atoms with Crippen molar-refractivity contribution in [2.75, 3.05) is 6.54 Å². The Hall–Kier alpha value is -1.66. The molecule has 1 atom stereocenters. The molecule has 1 amide bonds. The van der Waals surface area contributed by atoms with Crippen molar-refractivity contribution in [1.82, 2.24) is 15.5 Å². The lowest BCUT2D eigenvalue weighted by Crippen LogP contribution is -2.42. The molecule has 4 nitrogen and oxygen atoms in total. The molecule has 0 spiro atoms. The van der Waals surface area contributed by atoms with Crippen molar-refractivity contribution in [3.8, 4) is 0 Å². The van der Waals surface area contributed by atoms with Crippen LogP contribution in [-0.2, 0) is 31.0 Å². The van der Waals surface area contributed by atoms with Crippen molar-refractivity contribution in [3.05, 3.63) is 70.5 Å². The molecule has 0 saturated carbocycles. The third-order valence-corrected chi connectivity index (χ3v) is 5.33. The van der Waals surface area contributed by atoms with Crippen molar-refractivity contribution in [2.45, 2.75) is 45.1 Å². The number of carbonyl (C=O) groups is 1. The Morgan fingerprint density at radius 1 is 1.07 bits per heavy atom. The van der Waals surface area contributed by atoms with Gasteiger partial charge in [-0.3, -0.25) is 9.69 Å². The minimum Gasteiger partial charge on any atom is -0.351 e. The molecule has 2 aromatic rings. The lowest BCUT2D eigenvalue weighted by Gasteiger charge is -2.23. The number of carbonyl (C=O) groups excluding carboxylic acids is 1. The molecule has 2 aliphatic heterocycles. The summed E-state index contributed by atoms with van der Waals surface area (Å²) in [5.41, 5.74) is 4.86. The van der Waals surface area contributed by atoms with Gasteiger partial charge in [0.25, 0.3) is 0 Å². The average Bonchev–Trinajstić information content (AvgIpc) is 3.30. The van der Waals surface area contributed by atoms with Gasteiger partial charge in [-0.1, -0.05) is 30.3 Å². The number of nitrogens with one attached hydrogen (secondary N) is 2. The second-order valence-electron chi connectivity index (χ2n) is 7.18. The van der Waals surface area contributed by atoms with Gasteiger partial charge in [0, 0.05) is 26.2 Å². The SMILES string of the molecule is Cl.Cl.O=C(NCc1ccc2c(c1)CNC2)C1CCCN1Cc1ccc(F)cc1. The van der Waals surface area contributed by atoms with E-state index in [0.717, 1.165) is 43.6 Å². The maximum atomic E-state index is 13.1. The average molecular weight is 426 g/mol. The predicted molar refractivity (Wildman–Crippen MR) is 113 cm³/mol. The van der Waals surface area contributed by atoms with E-state index in [1.807, 2.05) is 0 Å². The number of hydrogen-bond acceptors (Lipinski definition) is 3. The number of amides is 1. The third kappa shape index (κ3) is 5.23. The van der Waals surface area contributed by atoms with E-state index in [2.05, 4.69) is 33.7 Å². The molecule has 2 aliphatic rings. The van der Waals surface area contributed by atoms with Crippen molar-refractivity contribution in [2.24, 2.45) is 0 Å². The first-order valence-electron chi connectivity index (χ1n) is 9.26. The molecular formula is C21H26Cl2FN3O. The molecular weight excluding hydrogens is 400 g/mol. The van der Waals surface area contributed by atoms with Crippen LogP contribution in [-0.4, -0.2) is 23.4 Å². The fraction of sp³-hybridized carbons (Fsp3) is 0.381. The minimum atomic E-state index is -0.228. The van der Waals surface area contributed by atoms with Gasteiger partial charge in [0.05, 0.1) is 6.04 Å². The zero-order chi connectivity index (χ0) is 17.9. The lowest BCUT2D eigenvalue weighted by molar-refractivity contribution is -0.125. The molecule has 7 heteroatoms. The highest BCUT2D eigenvalue weighted by Gasteiger charge is 2.30. The van der Waals surface area contributed by atoms with Gasteiger partial charge in [-0.05, 0) is 53.8 Å². The first-order valence-corrected chi connectivity index (χ1v) is 9.26. The lowest BCUT2D eigenvalue weighted by atomic mass is 10.1. The monoisotopic (exact) mass is 425 g/mol. The van der Waals surface area contributed by atoms with Gasteiger partial charge in [0.15, 0.2) is 0 Å². The Morgan fingerprint density at radius 2 is 1.79 bits per heavy atom. The van der Waals surface area contributed by atoms with Crippen LogP contribution in [0.1, 0.15) is 35.1 Å². The molecule has 0 radical (unpaired) electrons. The van der Waals surface area contributed by atoms with Gasteiger partial charge in [0.1, 0.15) is 5.82 Å². The molecule has 0 bridgehead atoms. The highest BCUT2D eigenvalue weighted by atomic mass is 35.5. The fourth-order valence-electron chi connectivity index (χ4n) is 3.90. The largest absolute Gasteiger partial charge is 0.351 e. The van der Waals surface area contributed by atoms with Crippen LogP contribution in [0.3, 0.4) is 0 Å². The van der Waals surface area contributed by atoms with E-state index in [4.69, 9.17) is 0 Å². The maximum Gasteiger partial charge on any atom is 0.237 e. The summed E-state index contributed by atoms with van der Waals surface area (Å²) in [5, 5.41) is 6.44. The highest BCUT2D eigenvalue weighted by molar-refractivity contribution is 5.85. The van der Waals surface area contributed by atoms with Crippen LogP contribution in [0.25, 0.3) is 0 Å². The number of halogens is 3. The molecule has 2 heterocycles. The summed E-state index contributed by atoms with van der Waals surface area (Å²) in [4.78, 5) is 14.9. The number of fused-ring (bicyclic) bond motifs is 1. The van der Waals surface area contributed by atoms with E-state index in [1.54, 1.807) is 12.1 Å². The molecule has 1 fully saturated rings. The second-order valence-corrected chi connectivity index (χ2v) is 7.18. The van der Waals surface area contributed by atoms with Crippen molar-refractivity contribution < 1.29 is 9.18 Å². The molecule has 0 aliphatic carbocycles. The highest BCUT2D eigenvalue weighted by Crippen LogP contribution is 2.21. The van der Waals surface area contributed by atoms with Crippen LogP contribution >= 0.6 is 24.8 Å². The van der Waals surface area contributed by atoms with E-state index in [1.165, 1.54) is 23.3 Å². The number of likely N-dealkylation sites (tertiary alicyclic amines) is 1. The molecule has 4 rings (SSSR count). The van der Waals surface area contributed by atoms with Gasteiger partial charge >= 0.3 is 0 Å². The summed E-state index contributed by atoms with van der Waals surface area (Å²) >= 11 is 0. The van der Waals surface area contributed by atoms with Crippen molar-refractivity contribution in [3.63, 3.8) is 0 Å². The summed E-state index contributed by atoms with van der Waals surface area (Å²) in [7, 11) is 0. The molecule has 0 aromatic heterocycles. The van der Waals surface area contributed by atoms with E-state index in [-0.39, 0.29) is 42.6 Å². The van der Waals surface area contributed by atoms with E-state index in [9.17, 15) is 9.18 Å². The number of rotatable bonds is 5. The van der Waals surface area contributed by atoms with Crippen LogP contribution < -0.4 is 10.6 Å². The van der Waals surface area contributed by atoms with E-state index in [0.29, 0.717) is 13.1 Å². The third-order valence-electron chi connectivity index (χ3n) is 5.33. The molecule has 2 aromatic carbocycles. The fourth-order valence-corrected chi connectivity index (χ4v) is 3.90. The Kier molecular flexibility index (Phi) is 8.25. The quantitative estimate of drug-likeness (QED) is 0.769. The first-order chi connectivity index (χ1) is 12.7. The number of benzene rings is 2. The van der Waals surface area contributed by atoms with E-state index >= 15 is 0 Å². The summed E-state index contributed by atoms with van der Waals surface area (Å²) in [6.45, 7) is 3.99. The van der Waals surface area contributed by atoms with Gasteiger partial charge < -0.3 is 10.6 Å². The van der Waals surface area contributed by atoms with Crippen molar-refractivity contribution >= 4 is 30.7 Å². The normalized spacial score (nSPS) is 18.1. The summed E-state index contributed by atoms with van der Waals surface area (Å²) in [6, 6.07) is 12.9. The maximum absolute atomic E-state index is 13.1. The van der Waals surface area contributed by atoms with Crippen LogP contribution in [0.2, 0.25) is 0 Å². The molecule has 2 N–H and O–H groups in total. The number of nitrogens with zero attached hydrogens (tertiary/aromatic N) is 1. The topological polar surface area (TPSA) is 44.4 Å². The first kappa shape index (κ1) is 22.6. The van der Waals surface area contributed by atoms with Gasteiger partial charge in [-0.2, -0.15) is 0 Å². The summed E-state index contributed by atoms with van der Waals surface area (Å²) in [5.74, 6) is -0.141. The smallest absolute Gasteiger partial charge is 0.237 e. The van der Waals surface area contributed by atoms with Gasteiger partial charge in [-0.25, -0.2) is 4.39 Å². The molecule has 152 valence electrons. The van der Waals surface area contributed by atoms with Crippen LogP contribution in [0, 0.1) is 5.82 Å². The molecule has 1 unspecified atom stereocenters. The van der Waals surface area contributed by atoms with Gasteiger partial charge in [-0.15, -0.1) is 24.8 Å². The standard InChI is InChI=1S/C21H24FN3O.2ClH/c22-19-7-4-15(5-8-19)14-25-9-1-2-20(25)21(26)24-11-16-3-6-17-12-23-13-18(17)10-16;;/h3-8,10,20,23H,1-2,9,11-14H2,(H,24,26);2*1H. The van der Waals surface area contributed by atoms with Crippen LogP contribution in [0.15, 0.2) is 42.5 Å². The Labute approximate surface area is 177 Å². The van der Waals surface area contributed by atoms with E-state index < -0.39 is 0 Å². The molecule has 28 heavy (non-hydrogen) atoms. The Balaban J connectivity index is 0.00000140. The minimum absolute atomic E-state index is 0. The van der Waals surface area contributed by atoms with Crippen LogP contribution in [0.5, 0.6) is 0 Å². The Morgan fingerprint density at radius 3 is 2.57 bits per heavy atom. The molecule has 1 saturated heterocycles. The Bertz CT molecular complexity index is 801. The summed E-state index contributed by atoms with van der Waals surface area (Å²) in [6.07, 6.45) is 1.89. The second kappa shape index (κ2) is 10.2.